The maximum atomic E-state index is 12.3. The molecular weight excluding hydrogens is 408 g/mol. The Bertz CT molecular complexity index is 781. The van der Waals surface area contributed by atoms with E-state index in [0.29, 0.717) is 11.4 Å². The maximum Gasteiger partial charge on any atom is 0.308 e. The van der Waals surface area contributed by atoms with Crippen LogP contribution in [0.5, 0.6) is 0 Å². The van der Waals surface area contributed by atoms with Gasteiger partial charge in [-0.15, -0.1) is 0 Å². The molecule has 1 heterocycles. The molecular formula is C19H27ClO7S. The highest BCUT2D eigenvalue weighted by Gasteiger charge is 2.38. The first kappa shape index (κ1) is 23.1. The van der Waals surface area contributed by atoms with Crippen molar-refractivity contribution in [3.8, 4) is 0 Å². The third-order valence-electron chi connectivity index (χ3n) is 3.75. The van der Waals surface area contributed by atoms with Crippen LogP contribution in [0.25, 0.3) is 0 Å². The molecule has 0 saturated carbocycles. The van der Waals surface area contributed by atoms with E-state index in [1.165, 1.54) is 24.3 Å². The number of rotatable bonds is 6. The van der Waals surface area contributed by atoms with Crippen LogP contribution in [-0.4, -0.2) is 44.6 Å². The number of benzene rings is 1. The van der Waals surface area contributed by atoms with Gasteiger partial charge in [0.15, 0.2) is 5.79 Å². The van der Waals surface area contributed by atoms with Gasteiger partial charge >= 0.3 is 5.97 Å². The van der Waals surface area contributed by atoms with Crippen molar-refractivity contribution in [3.05, 3.63) is 29.3 Å². The van der Waals surface area contributed by atoms with Crippen LogP contribution in [0, 0.1) is 0 Å². The van der Waals surface area contributed by atoms with E-state index in [1.807, 2.05) is 0 Å². The quantitative estimate of drug-likeness (QED) is 0.498. The molecule has 28 heavy (non-hydrogen) atoms. The molecule has 9 heteroatoms. The Morgan fingerprint density at radius 2 is 1.75 bits per heavy atom. The molecule has 1 aliphatic rings. The highest BCUT2D eigenvalue weighted by Crippen LogP contribution is 2.30. The van der Waals surface area contributed by atoms with Crippen molar-refractivity contribution in [1.29, 1.82) is 0 Å². The molecule has 0 radical (unpaired) electrons. The van der Waals surface area contributed by atoms with Gasteiger partial charge in [-0.2, -0.15) is 8.42 Å². The van der Waals surface area contributed by atoms with Gasteiger partial charge in [0, 0.05) is 11.4 Å². The smallest absolute Gasteiger partial charge is 0.308 e. The summed E-state index contributed by atoms with van der Waals surface area (Å²) in [6.07, 6.45) is -0.674. The average molecular weight is 435 g/mol. The van der Waals surface area contributed by atoms with Crippen molar-refractivity contribution in [2.24, 2.45) is 0 Å². The molecule has 0 aliphatic carbocycles. The van der Waals surface area contributed by atoms with Crippen LogP contribution < -0.4 is 0 Å². The molecule has 0 amide bonds. The monoisotopic (exact) mass is 434 g/mol. The summed E-state index contributed by atoms with van der Waals surface area (Å²) in [6.45, 7) is 8.58. The molecule has 1 aromatic carbocycles. The number of carbonyl (C=O) groups excluding carboxylic acids is 1. The molecule has 158 valence electrons. The fraction of sp³-hybridized carbons (Fsp3) is 0.632. The minimum atomic E-state index is -3.95. The minimum absolute atomic E-state index is 0.00789. The first-order valence-electron chi connectivity index (χ1n) is 8.98. The van der Waals surface area contributed by atoms with Crippen LogP contribution >= 0.6 is 11.6 Å². The first-order valence-corrected chi connectivity index (χ1v) is 10.8. The highest BCUT2D eigenvalue weighted by atomic mass is 35.5. The molecule has 0 N–H and O–H groups in total. The summed E-state index contributed by atoms with van der Waals surface area (Å²) in [5.41, 5.74) is -0.590. The number of hydrogen-bond donors (Lipinski definition) is 0. The van der Waals surface area contributed by atoms with Crippen LogP contribution in [0.15, 0.2) is 29.2 Å². The zero-order valence-corrected chi connectivity index (χ0v) is 18.3. The summed E-state index contributed by atoms with van der Waals surface area (Å²) in [4.78, 5) is 12.1. The van der Waals surface area contributed by atoms with Gasteiger partial charge in [-0.3, -0.25) is 8.98 Å². The lowest BCUT2D eigenvalue weighted by Crippen LogP contribution is -2.47. The van der Waals surface area contributed by atoms with E-state index in [-0.39, 0.29) is 23.9 Å². The van der Waals surface area contributed by atoms with Gasteiger partial charge in [0.25, 0.3) is 10.1 Å². The number of hydrogen-bond acceptors (Lipinski definition) is 7. The second kappa shape index (κ2) is 8.67. The van der Waals surface area contributed by atoms with Gasteiger partial charge in [-0.1, -0.05) is 11.6 Å². The van der Waals surface area contributed by atoms with Gasteiger partial charge in [0.05, 0.1) is 30.1 Å². The molecule has 7 nitrogen and oxygen atoms in total. The third-order valence-corrected chi connectivity index (χ3v) is 5.30. The zero-order chi connectivity index (χ0) is 21.2. The summed E-state index contributed by atoms with van der Waals surface area (Å²) in [5.74, 6) is -1.37. The Balaban J connectivity index is 1.98. The summed E-state index contributed by atoms with van der Waals surface area (Å²) in [5, 5.41) is 0.429. The Hall–Kier alpha value is -1.19. The summed E-state index contributed by atoms with van der Waals surface area (Å²) >= 11 is 5.78. The lowest BCUT2D eigenvalue weighted by Gasteiger charge is -2.40. The van der Waals surface area contributed by atoms with E-state index >= 15 is 0 Å². The van der Waals surface area contributed by atoms with Crippen LogP contribution in [-0.2, 0) is 33.3 Å². The summed E-state index contributed by atoms with van der Waals surface area (Å²) in [6, 6.07) is 5.70. The predicted molar refractivity (Wildman–Crippen MR) is 103 cm³/mol. The molecule has 0 bridgehead atoms. The molecule has 2 atom stereocenters. The lowest BCUT2D eigenvalue weighted by atomic mass is 10.1. The van der Waals surface area contributed by atoms with E-state index < -0.39 is 33.7 Å². The molecule has 1 saturated heterocycles. The normalized spacial score (nSPS) is 22.6. The van der Waals surface area contributed by atoms with Crippen molar-refractivity contribution in [1.82, 2.24) is 0 Å². The average Bonchev–Trinajstić information content (AvgIpc) is 2.50. The molecule has 1 aromatic rings. The van der Waals surface area contributed by atoms with E-state index in [1.54, 1.807) is 34.6 Å². The second-order valence-corrected chi connectivity index (χ2v) is 10.2. The van der Waals surface area contributed by atoms with Gasteiger partial charge in [0.1, 0.15) is 5.60 Å². The summed E-state index contributed by atoms with van der Waals surface area (Å²) < 4.78 is 46.7. The molecule has 1 fully saturated rings. The van der Waals surface area contributed by atoms with E-state index in [4.69, 9.17) is 30.0 Å². The maximum absolute atomic E-state index is 12.3. The largest absolute Gasteiger partial charge is 0.460 e. The van der Waals surface area contributed by atoms with Gasteiger partial charge in [-0.25, -0.2) is 0 Å². The fourth-order valence-corrected chi connectivity index (χ4v) is 3.91. The Morgan fingerprint density at radius 3 is 2.32 bits per heavy atom. The van der Waals surface area contributed by atoms with Crippen LogP contribution in [0.3, 0.4) is 0 Å². The van der Waals surface area contributed by atoms with E-state index in [2.05, 4.69) is 0 Å². The van der Waals surface area contributed by atoms with E-state index in [9.17, 15) is 13.2 Å². The zero-order valence-electron chi connectivity index (χ0n) is 16.7. The van der Waals surface area contributed by atoms with Crippen molar-refractivity contribution in [2.45, 2.75) is 76.0 Å². The first-order chi connectivity index (χ1) is 12.8. The van der Waals surface area contributed by atoms with Gasteiger partial charge in [-0.05, 0) is 58.9 Å². The minimum Gasteiger partial charge on any atom is -0.460 e. The van der Waals surface area contributed by atoms with Crippen molar-refractivity contribution >= 4 is 27.7 Å². The molecule has 0 unspecified atom stereocenters. The Labute approximate surface area is 171 Å². The fourth-order valence-electron chi connectivity index (χ4n) is 2.85. The number of halogens is 1. The van der Waals surface area contributed by atoms with Gasteiger partial charge < -0.3 is 14.2 Å². The molecule has 0 spiro atoms. The Morgan fingerprint density at radius 1 is 1.18 bits per heavy atom. The SMILES string of the molecule is CC(C)(C)OC(=O)C[C@@H]1C[C@H](COS(=O)(=O)c2ccc(Cl)cc2)OC(C)(C)O1. The third kappa shape index (κ3) is 7.33. The lowest BCUT2D eigenvalue weighted by molar-refractivity contribution is -0.303. The van der Waals surface area contributed by atoms with Crippen molar-refractivity contribution in [3.63, 3.8) is 0 Å². The standard InChI is InChI=1S/C19H27ClO7S/c1-18(2,3)27-17(21)11-14-10-15(26-19(4,5)25-14)12-24-28(22,23)16-8-6-13(20)7-9-16/h6-9,14-15H,10-12H2,1-5H3/t14-,15+/m0/s1. The van der Waals surface area contributed by atoms with E-state index in [0.717, 1.165) is 0 Å². The molecule has 2 rings (SSSR count). The molecule has 0 aromatic heterocycles. The Kier molecular flexibility index (Phi) is 7.15. The number of carbonyl (C=O) groups is 1. The topological polar surface area (TPSA) is 88.1 Å². The predicted octanol–water partition coefficient (Wildman–Crippen LogP) is 3.69. The molecule has 1 aliphatic heterocycles. The van der Waals surface area contributed by atoms with Crippen molar-refractivity contribution in [2.75, 3.05) is 6.61 Å². The summed E-state index contributed by atoms with van der Waals surface area (Å²) in [7, 11) is -3.95. The number of ether oxygens (including phenoxy) is 3. The van der Waals surface area contributed by atoms with Gasteiger partial charge in [0.2, 0.25) is 0 Å². The van der Waals surface area contributed by atoms with Crippen LogP contribution in [0.1, 0.15) is 47.5 Å². The van der Waals surface area contributed by atoms with Crippen molar-refractivity contribution < 1.29 is 31.6 Å². The highest BCUT2D eigenvalue weighted by molar-refractivity contribution is 7.86. The van der Waals surface area contributed by atoms with Crippen LogP contribution in [0.2, 0.25) is 5.02 Å². The number of esters is 1. The van der Waals surface area contributed by atoms with Crippen LogP contribution in [0.4, 0.5) is 0 Å². The second-order valence-electron chi connectivity index (χ2n) is 8.10.